The zero-order chi connectivity index (χ0) is 24.4. The predicted molar refractivity (Wildman–Crippen MR) is 144 cm³/mol. The lowest BCUT2D eigenvalue weighted by Gasteiger charge is -2.21. The fraction of sp³-hybridized carbons (Fsp3) is 0.600. The van der Waals surface area contributed by atoms with Crippen LogP contribution < -0.4 is 0 Å². The number of unbranched alkanes of at least 4 members (excludes halogenated alkanes) is 2. The fourth-order valence-electron chi connectivity index (χ4n) is 4.70. The summed E-state index contributed by atoms with van der Waals surface area (Å²) < 4.78 is 0. The summed E-state index contributed by atoms with van der Waals surface area (Å²) >= 11 is 1.73. The maximum absolute atomic E-state index is 10.9. The minimum Gasteiger partial charge on any atom is -0.508 e. The van der Waals surface area contributed by atoms with Gasteiger partial charge in [0.05, 0.1) is 0 Å². The molecule has 0 aromatic heterocycles. The van der Waals surface area contributed by atoms with Crippen molar-refractivity contribution in [3.63, 3.8) is 0 Å². The molecule has 0 amide bonds. The quantitative estimate of drug-likeness (QED) is 0.289. The van der Waals surface area contributed by atoms with Crippen molar-refractivity contribution in [3.8, 4) is 11.5 Å². The number of aromatic hydroxyl groups is 2. The second-order valence-corrected chi connectivity index (χ2v) is 10.9. The molecule has 2 atom stereocenters. The second kappa shape index (κ2) is 13.9. The summed E-state index contributed by atoms with van der Waals surface area (Å²) in [7, 11) is 0. The van der Waals surface area contributed by atoms with E-state index >= 15 is 0 Å². The molecule has 2 aromatic rings. The monoisotopic (exact) mass is 470 g/mol. The molecule has 0 aliphatic rings. The van der Waals surface area contributed by atoms with E-state index in [4.69, 9.17) is 0 Å². The van der Waals surface area contributed by atoms with Crippen LogP contribution in [0.5, 0.6) is 11.5 Å². The first-order valence-electron chi connectivity index (χ1n) is 13.1. The Morgan fingerprint density at radius 2 is 1.06 bits per heavy atom. The molecule has 2 N–H and O–H groups in total. The molecule has 0 spiro atoms. The van der Waals surface area contributed by atoms with Crippen molar-refractivity contribution in [3.05, 3.63) is 46.5 Å². The normalized spacial score (nSPS) is 13.3. The van der Waals surface area contributed by atoms with Crippen LogP contribution in [0.1, 0.15) is 101 Å². The van der Waals surface area contributed by atoms with Gasteiger partial charge in [-0.05, 0) is 73.9 Å². The smallest absolute Gasteiger partial charge is 0.120 e. The van der Waals surface area contributed by atoms with E-state index < -0.39 is 0 Å². The number of rotatable bonds is 14. The van der Waals surface area contributed by atoms with Gasteiger partial charge < -0.3 is 10.2 Å². The molecule has 0 radical (unpaired) electrons. The summed E-state index contributed by atoms with van der Waals surface area (Å²) in [6.45, 7) is 13.1. The SMILES string of the molecule is CCCCC(CC)Cc1c(O)cc(C)cc1Sc1cc(C)cc(O)c1CC(CC)CCCC. The van der Waals surface area contributed by atoms with Crippen molar-refractivity contribution in [2.24, 2.45) is 11.8 Å². The van der Waals surface area contributed by atoms with Gasteiger partial charge in [0, 0.05) is 20.9 Å². The zero-order valence-electron chi connectivity index (χ0n) is 21.8. The van der Waals surface area contributed by atoms with E-state index in [1.807, 2.05) is 12.1 Å². The molecule has 0 heterocycles. The van der Waals surface area contributed by atoms with Crippen LogP contribution >= 0.6 is 11.8 Å². The lowest BCUT2D eigenvalue weighted by molar-refractivity contribution is 0.421. The van der Waals surface area contributed by atoms with Crippen LogP contribution in [0.2, 0.25) is 0 Å². The summed E-state index contributed by atoms with van der Waals surface area (Å²) in [6.07, 6.45) is 11.4. The number of aryl methyl sites for hydroxylation is 2. The summed E-state index contributed by atoms with van der Waals surface area (Å²) in [5.74, 6) is 2.00. The van der Waals surface area contributed by atoms with Gasteiger partial charge in [-0.25, -0.2) is 0 Å². The van der Waals surface area contributed by atoms with Crippen LogP contribution in [-0.2, 0) is 12.8 Å². The van der Waals surface area contributed by atoms with Crippen molar-refractivity contribution in [2.75, 3.05) is 0 Å². The number of benzene rings is 2. The molecular formula is C30H46O2S. The Bertz CT molecular complexity index is 803. The highest BCUT2D eigenvalue weighted by molar-refractivity contribution is 7.99. The molecule has 2 unspecified atom stereocenters. The second-order valence-electron chi connectivity index (χ2n) is 9.86. The molecule has 2 nitrogen and oxygen atoms in total. The maximum Gasteiger partial charge on any atom is 0.120 e. The molecule has 33 heavy (non-hydrogen) atoms. The molecule has 0 aliphatic carbocycles. The minimum atomic E-state index is 0.417. The van der Waals surface area contributed by atoms with E-state index in [1.165, 1.54) is 38.5 Å². The zero-order valence-corrected chi connectivity index (χ0v) is 22.7. The Hall–Kier alpha value is -1.61. The molecule has 3 heteroatoms. The summed E-state index contributed by atoms with van der Waals surface area (Å²) in [5.41, 5.74) is 4.29. The van der Waals surface area contributed by atoms with Gasteiger partial charge in [0.2, 0.25) is 0 Å². The number of phenolic OH excluding ortho intramolecular Hbond substituents is 2. The molecule has 0 aliphatic heterocycles. The largest absolute Gasteiger partial charge is 0.508 e. The average molecular weight is 471 g/mol. The number of hydrogen-bond acceptors (Lipinski definition) is 3. The van der Waals surface area contributed by atoms with Gasteiger partial charge in [0.25, 0.3) is 0 Å². The summed E-state index contributed by atoms with van der Waals surface area (Å²) in [6, 6.07) is 8.23. The first-order chi connectivity index (χ1) is 15.8. The Labute approximate surface area is 207 Å². The Balaban J connectivity index is 2.43. The lowest BCUT2D eigenvalue weighted by atomic mass is 9.91. The molecule has 2 aromatic carbocycles. The van der Waals surface area contributed by atoms with Crippen LogP contribution in [0.3, 0.4) is 0 Å². The van der Waals surface area contributed by atoms with Crippen molar-refractivity contribution in [1.82, 2.24) is 0 Å². The van der Waals surface area contributed by atoms with Gasteiger partial charge in [-0.1, -0.05) is 90.8 Å². The molecule has 2 rings (SSSR count). The minimum absolute atomic E-state index is 0.417. The van der Waals surface area contributed by atoms with Gasteiger partial charge >= 0.3 is 0 Å². The highest BCUT2D eigenvalue weighted by Gasteiger charge is 2.20. The number of phenols is 2. The van der Waals surface area contributed by atoms with E-state index in [0.717, 1.165) is 57.7 Å². The van der Waals surface area contributed by atoms with Gasteiger partial charge in [-0.15, -0.1) is 0 Å². The first-order valence-corrected chi connectivity index (χ1v) is 14.0. The molecule has 184 valence electrons. The van der Waals surface area contributed by atoms with Crippen LogP contribution in [-0.4, -0.2) is 10.2 Å². The van der Waals surface area contributed by atoms with E-state index in [-0.39, 0.29) is 0 Å². The van der Waals surface area contributed by atoms with Crippen LogP contribution in [0.15, 0.2) is 34.1 Å². The molecule has 0 fully saturated rings. The van der Waals surface area contributed by atoms with E-state index in [9.17, 15) is 10.2 Å². The van der Waals surface area contributed by atoms with Crippen molar-refractivity contribution < 1.29 is 10.2 Å². The van der Waals surface area contributed by atoms with E-state index in [2.05, 4.69) is 53.7 Å². The molecule has 0 bridgehead atoms. The van der Waals surface area contributed by atoms with Gasteiger partial charge in [0.1, 0.15) is 11.5 Å². The molecular weight excluding hydrogens is 424 g/mol. The average Bonchev–Trinajstić information content (AvgIpc) is 2.77. The van der Waals surface area contributed by atoms with Crippen molar-refractivity contribution in [2.45, 2.75) is 116 Å². The van der Waals surface area contributed by atoms with Crippen LogP contribution in [0.25, 0.3) is 0 Å². The maximum atomic E-state index is 10.9. The summed E-state index contributed by atoms with van der Waals surface area (Å²) in [4.78, 5) is 2.27. The van der Waals surface area contributed by atoms with Gasteiger partial charge in [-0.2, -0.15) is 0 Å². The summed E-state index contributed by atoms with van der Waals surface area (Å²) in [5, 5.41) is 21.8. The third-order valence-electron chi connectivity index (χ3n) is 6.95. The van der Waals surface area contributed by atoms with Crippen molar-refractivity contribution >= 4 is 11.8 Å². The lowest BCUT2D eigenvalue weighted by Crippen LogP contribution is -2.06. The number of hydrogen-bond donors (Lipinski definition) is 2. The van der Waals surface area contributed by atoms with Crippen molar-refractivity contribution in [1.29, 1.82) is 0 Å². The van der Waals surface area contributed by atoms with Crippen LogP contribution in [0, 0.1) is 25.7 Å². The van der Waals surface area contributed by atoms with Gasteiger partial charge in [-0.3, -0.25) is 0 Å². The van der Waals surface area contributed by atoms with Gasteiger partial charge in [0.15, 0.2) is 0 Å². The standard InChI is InChI=1S/C30H46O2S/c1-7-11-13-23(9-3)19-25-27(31)15-21(5)17-29(25)33-30-18-22(6)16-28(32)26(30)20-24(10-4)14-12-8-2/h15-18,23-24,31-32H,7-14,19-20H2,1-6H3. The van der Waals surface area contributed by atoms with E-state index in [1.54, 1.807) is 11.8 Å². The topological polar surface area (TPSA) is 40.5 Å². The Morgan fingerprint density at radius 1 is 0.667 bits per heavy atom. The van der Waals surface area contributed by atoms with E-state index in [0.29, 0.717) is 23.3 Å². The Kier molecular flexibility index (Phi) is 11.7. The Morgan fingerprint density at radius 3 is 1.39 bits per heavy atom. The highest BCUT2D eigenvalue weighted by Crippen LogP contribution is 2.42. The highest BCUT2D eigenvalue weighted by atomic mass is 32.2. The molecule has 0 saturated heterocycles. The van der Waals surface area contributed by atoms with Crippen LogP contribution in [0.4, 0.5) is 0 Å². The fourth-order valence-corrected chi connectivity index (χ4v) is 6.05. The predicted octanol–water partition coefficient (Wildman–Crippen LogP) is 9.38. The third-order valence-corrected chi connectivity index (χ3v) is 8.12. The first kappa shape index (κ1) is 27.6. The molecule has 0 saturated carbocycles. The third kappa shape index (κ3) is 8.28.